The van der Waals surface area contributed by atoms with Crippen LogP contribution in [0.5, 0.6) is 0 Å². The Kier molecular flexibility index (Phi) is 3.73. The van der Waals surface area contributed by atoms with Crippen molar-refractivity contribution in [1.82, 2.24) is 20.4 Å². The molecule has 124 valence electrons. The zero-order valence-electron chi connectivity index (χ0n) is 12.5. The van der Waals surface area contributed by atoms with E-state index in [-0.39, 0.29) is 24.2 Å². The highest BCUT2D eigenvalue weighted by molar-refractivity contribution is 7.99. The molecule has 0 saturated carbocycles. The highest BCUT2D eigenvalue weighted by Crippen LogP contribution is 2.34. The maximum atomic E-state index is 12.6. The van der Waals surface area contributed by atoms with Gasteiger partial charge in [-0.1, -0.05) is 28.9 Å². The van der Waals surface area contributed by atoms with E-state index in [1.165, 1.54) is 0 Å². The van der Waals surface area contributed by atoms with E-state index in [0.717, 1.165) is 10.7 Å². The van der Waals surface area contributed by atoms with Crippen LogP contribution in [0.25, 0.3) is 11.5 Å². The molecule has 1 N–H and O–H groups in total. The normalized spacial score (nSPS) is 23.3. The molecule has 3 heterocycles. The molecule has 2 aliphatic rings. The number of carbonyl (C=O) groups is 2. The van der Waals surface area contributed by atoms with E-state index in [9.17, 15) is 9.59 Å². The maximum absolute atomic E-state index is 12.6. The molecular weight excluding hydrogens is 352 g/mol. The molecule has 2 aromatic rings. The predicted octanol–water partition coefficient (Wildman–Crippen LogP) is 2.32. The van der Waals surface area contributed by atoms with Crippen LogP contribution in [0.3, 0.4) is 0 Å². The fourth-order valence-corrected chi connectivity index (χ4v) is 4.40. The lowest BCUT2D eigenvalue weighted by atomic mass is 9.99. The number of amides is 3. The Bertz CT molecular complexity index is 819. The molecule has 0 radical (unpaired) electrons. The van der Waals surface area contributed by atoms with E-state index in [2.05, 4.69) is 15.5 Å². The Labute approximate surface area is 146 Å². The van der Waals surface area contributed by atoms with E-state index in [0.29, 0.717) is 22.8 Å². The van der Waals surface area contributed by atoms with Gasteiger partial charge < -0.3 is 9.84 Å². The molecule has 1 aromatic heterocycles. The summed E-state index contributed by atoms with van der Waals surface area (Å²) in [6, 6.07) is 6.68. The van der Waals surface area contributed by atoms with Crippen LogP contribution in [0.15, 0.2) is 28.8 Å². The number of carbonyl (C=O) groups excluding carboxylic acids is 2. The minimum atomic E-state index is -0.767. The lowest BCUT2D eigenvalue weighted by Gasteiger charge is -2.18. The van der Waals surface area contributed by atoms with Gasteiger partial charge in [-0.2, -0.15) is 16.7 Å². The second-order valence-electron chi connectivity index (χ2n) is 5.70. The molecule has 1 unspecified atom stereocenters. The number of nitrogens with zero attached hydrogens (tertiary/aromatic N) is 3. The van der Waals surface area contributed by atoms with E-state index >= 15 is 0 Å². The van der Waals surface area contributed by atoms with Crippen molar-refractivity contribution in [2.24, 2.45) is 0 Å². The number of nitrogens with one attached hydrogen (secondary N) is 1. The summed E-state index contributed by atoms with van der Waals surface area (Å²) in [5.74, 6) is 1.76. The number of halogens is 1. The average molecular weight is 365 g/mol. The van der Waals surface area contributed by atoms with Crippen molar-refractivity contribution in [3.63, 3.8) is 0 Å². The summed E-state index contributed by atoms with van der Waals surface area (Å²) in [5.41, 5.74) is -0.157. The van der Waals surface area contributed by atoms with Crippen LogP contribution < -0.4 is 5.32 Å². The van der Waals surface area contributed by atoms with Gasteiger partial charge in [0.25, 0.3) is 11.8 Å². The summed E-state index contributed by atoms with van der Waals surface area (Å²) >= 11 is 7.77. The number of rotatable bonds is 3. The number of thioether (sulfide) groups is 1. The number of hydrogen-bond donors (Lipinski definition) is 1. The summed E-state index contributed by atoms with van der Waals surface area (Å²) in [7, 11) is 0. The fraction of sp³-hybridized carbons (Fsp3) is 0.333. The lowest BCUT2D eigenvalue weighted by molar-refractivity contribution is -0.131. The van der Waals surface area contributed by atoms with Gasteiger partial charge in [0.05, 0.1) is 17.1 Å². The van der Waals surface area contributed by atoms with E-state index in [1.807, 2.05) is 6.07 Å². The van der Waals surface area contributed by atoms with Crippen molar-refractivity contribution in [3.8, 4) is 11.5 Å². The van der Waals surface area contributed by atoms with Crippen LogP contribution >= 0.6 is 23.4 Å². The third kappa shape index (κ3) is 2.46. The Balaban J connectivity index is 1.55. The van der Waals surface area contributed by atoms with Crippen LogP contribution in [0.1, 0.15) is 12.2 Å². The van der Waals surface area contributed by atoms with Crippen LogP contribution in [0.4, 0.5) is 4.79 Å². The van der Waals surface area contributed by atoms with Crippen molar-refractivity contribution in [2.45, 2.75) is 18.5 Å². The molecule has 2 fully saturated rings. The summed E-state index contributed by atoms with van der Waals surface area (Å²) < 4.78 is 5.21. The van der Waals surface area contributed by atoms with E-state index < -0.39 is 11.6 Å². The SMILES string of the molecule is O=C1NC2(CCSC2)C(=O)N1Cc1noc(-c2ccccc2Cl)n1. The molecule has 24 heavy (non-hydrogen) atoms. The molecule has 9 heteroatoms. The zero-order chi connectivity index (χ0) is 16.7. The van der Waals surface area contributed by atoms with Crippen LogP contribution in [0.2, 0.25) is 5.02 Å². The molecule has 1 spiro atoms. The molecule has 1 atom stereocenters. The number of urea groups is 1. The third-order valence-corrected chi connectivity index (χ3v) is 5.66. The zero-order valence-corrected chi connectivity index (χ0v) is 14.1. The molecule has 2 saturated heterocycles. The minimum absolute atomic E-state index is 0.0228. The van der Waals surface area contributed by atoms with Gasteiger partial charge in [0.15, 0.2) is 5.82 Å². The third-order valence-electron chi connectivity index (χ3n) is 4.14. The first-order valence-corrected chi connectivity index (χ1v) is 8.92. The average Bonchev–Trinajstić information content (AvgIpc) is 3.26. The Morgan fingerprint density at radius 2 is 2.21 bits per heavy atom. The first kappa shape index (κ1) is 15.5. The first-order chi connectivity index (χ1) is 11.6. The van der Waals surface area contributed by atoms with Gasteiger partial charge in [-0.3, -0.25) is 9.69 Å². The molecule has 4 rings (SSSR count). The number of aromatic nitrogens is 2. The van der Waals surface area contributed by atoms with E-state index in [4.69, 9.17) is 16.1 Å². The van der Waals surface area contributed by atoms with Gasteiger partial charge in [0.1, 0.15) is 5.54 Å². The number of benzene rings is 1. The topological polar surface area (TPSA) is 88.3 Å². The van der Waals surface area contributed by atoms with Gasteiger partial charge in [-0.05, 0) is 24.3 Å². The first-order valence-electron chi connectivity index (χ1n) is 7.38. The van der Waals surface area contributed by atoms with Crippen molar-refractivity contribution in [3.05, 3.63) is 35.1 Å². The number of imide groups is 1. The largest absolute Gasteiger partial charge is 0.334 e. The Morgan fingerprint density at radius 3 is 2.96 bits per heavy atom. The van der Waals surface area contributed by atoms with Gasteiger partial charge in [-0.15, -0.1) is 0 Å². The monoisotopic (exact) mass is 364 g/mol. The molecule has 0 bridgehead atoms. The summed E-state index contributed by atoms with van der Waals surface area (Å²) in [6.07, 6.45) is 0.649. The predicted molar refractivity (Wildman–Crippen MR) is 88.5 cm³/mol. The molecule has 7 nitrogen and oxygen atoms in total. The van der Waals surface area contributed by atoms with Gasteiger partial charge in [-0.25, -0.2) is 4.79 Å². The van der Waals surface area contributed by atoms with Crippen LogP contribution in [0, 0.1) is 0 Å². The molecular formula is C15H13ClN4O3S. The van der Waals surface area contributed by atoms with Crippen LogP contribution in [-0.2, 0) is 11.3 Å². The van der Waals surface area contributed by atoms with Crippen LogP contribution in [-0.4, -0.2) is 44.0 Å². The minimum Gasteiger partial charge on any atom is -0.334 e. The Hall–Kier alpha value is -2.06. The van der Waals surface area contributed by atoms with Crippen molar-refractivity contribution < 1.29 is 14.1 Å². The Morgan fingerprint density at radius 1 is 1.38 bits per heavy atom. The standard InChI is InChI=1S/C15H13ClN4O3S/c16-10-4-2-1-3-9(10)12-17-11(19-23-12)7-20-13(21)15(18-14(20)22)5-6-24-8-15/h1-4H,5-8H2,(H,18,22). The van der Waals surface area contributed by atoms with Crippen molar-refractivity contribution >= 4 is 35.3 Å². The van der Waals surface area contributed by atoms with Crippen molar-refractivity contribution in [1.29, 1.82) is 0 Å². The van der Waals surface area contributed by atoms with Gasteiger partial charge in [0.2, 0.25) is 0 Å². The molecule has 2 aliphatic heterocycles. The molecule has 0 aliphatic carbocycles. The fourth-order valence-electron chi connectivity index (χ4n) is 2.86. The van der Waals surface area contributed by atoms with Crippen molar-refractivity contribution in [2.75, 3.05) is 11.5 Å². The van der Waals surface area contributed by atoms with Gasteiger partial charge in [0, 0.05) is 5.75 Å². The quantitative estimate of drug-likeness (QED) is 0.841. The number of hydrogen-bond acceptors (Lipinski definition) is 6. The summed E-state index contributed by atoms with van der Waals surface area (Å²) in [4.78, 5) is 30.1. The highest BCUT2D eigenvalue weighted by Gasteiger charge is 2.53. The van der Waals surface area contributed by atoms with Gasteiger partial charge >= 0.3 is 6.03 Å². The molecule has 1 aromatic carbocycles. The maximum Gasteiger partial charge on any atom is 0.325 e. The van der Waals surface area contributed by atoms with E-state index in [1.54, 1.807) is 30.0 Å². The smallest absolute Gasteiger partial charge is 0.325 e. The second-order valence-corrected chi connectivity index (χ2v) is 7.21. The summed E-state index contributed by atoms with van der Waals surface area (Å²) in [5, 5.41) is 7.15. The lowest BCUT2D eigenvalue weighted by Crippen LogP contribution is -2.46. The molecule has 3 amide bonds. The highest BCUT2D eigenvalue weighted by atomic mass is 35.5. The summed E-state index contributed by atoms with van der Waals surface area (Å²) in [6.45, 7) is -0.0228. The second kappa shape index (κ2) is 5.78.